The van der Waals surface area contributed by atoms with Gasteiger partial charge in [0, 0.05) is 26.2 Å². The summed E-state index contributed by atoms with van der Waals surface area (Å²) in [4.78, 5) is 23.8. The van der Waals surface area contributed by atoms with E-state index in [4.69, 9.17) is 9.84 Å². The van der Waals surface area contributed by atoms with Crippen LogP contribution in [0.15, 0.2) is 0 Å². The van der Waals surface area contributed by atoms with Gasteiger partial charge in [-0.05, 0) is 19.8 Å². The van der Waals surface area contributed by atoms with E-state index in [1.165, 1.54) is 4.90 Å². The van der Waals surface area contributed by atoms with Crippen LogP contribution in [0.2, 0.25) is 0 Å². The average molecular weight is 231 g/mol. The summed E-state index contributed by atoms with van der Waals surface area (Å²) in [6.45, 7) is 4.09. The number of aliphatic carboxylic acids is 1. The lowest BCUT2D eigenvalue weighted by Gasteiger charge is -2.26. The Balaban J connectivity index is 4.26. The Hall–Kier alpha value is -1.10. The van der Waals surface area contributed by atoms with E-state index in [0.29, 0.717) is 19.4 Å². The van der Waals surface area contributed by atoms with Crippen molar-refractivity contribution in [2.24, 2.45) is 0 Å². The van der Waals surface area contributed by atoms with Crippen molar-refractivity contribution in [3.8, 4) is 0 Å². The molecule has 0 aliphatic rings. The van der Waals surface area contributed by atoms with Crippen LogP contribution in [-0.2, 0) is 14.3 Å². The molecule has 0 saturated heterocycles. The summed E-state index contributed by atoms with van der Waals surface area (Å²) in [5.41, 5.74) is 0. The van der Waals surface area contributed by atoms with E-state index in [-0.39, 0.29) is 18.5 Å². The molecular formula is C11H21NO4. The molecule has 0 bridgehead atoms. The molecule has 1 atom stereocenters. The molecule has 0 saturated carbocycles. The quantitative estimate of drug-likeness (QED) is 0.636. The number of carboxylic acid groups (broad SMARTS) is 1. The van der Waals surface area contributed by atoms with Crippen LogP contribution in [0.3, 0.4) is 0 Å². The van der Waals surface area contributed by atoms with Gasteiger partial charge < -0.3 is 14.7 Å². The molecule has 1 unspecified atom stereocenters. The third kappa shape index (κ3) is 5.70. The lowest BCUT2D eigenvalue weighted by molar-refractivity contribution is -0.146. The largest absolute Gasteiger partial charge is 0.480 e. The van der Waals surface area contributed by atoms with Crippen molar-refractivity contribution in [2.45, 2.75) is 39.2 Å². The summed E-state index contributed by atoms with van der Waals surface area (Å²) < 4.78 is 4.85. The number of carbonyl (C=O) groups excluding carboxylic acids is 1. The molecule has 0 fully saturated rings. The van der Waals surface area contributed by atoms with Crippen molar-refractivity contribution in [3.05, 3.63) is 0 Å². The van der Waals surface area contributed by atoms with Gasteiger partial charge in [0.1, 0.15) is 6.54 Å². The number of ether oxygens (including phenoxy) is 1. The fourth-order valence-electron chi connectivity index (χ4n) is 1.37. The fourth-order valence-corrected chi connectivity index (χ4v) is 1.37. The maximum Gasteiger partial charge on any atom is 0.323 e. The van der Waals surface area contributed by atoms with Crippen molar-refractivity contribution >= 4 is 11.9 Å². The van der Waals surface area contributed by atoms with Gasteiger partial charge in [-0.1, -0.05) is 6.92 Å². The van der Waals surface area contributed by atoms with Gasteiger partial charge in [-0.25, -0.2) is 0 Å². The maximum atomic E-state index is 11.8. The van der Waals surface area contributed by atoms with Gasteiger partial charge >= 0.3 is 5.97 Å². The number of carboxylic acids is 1. The normalized spacial score (nSPS) is 12.2. The van der Waals surface area contributed by atoms with Gasteiger partial charge in [-0.3, -0.25) is 9.59 Å². The minimum absolute atomic E-state index is 0.0360. The zero-order chi connectivity index (χ0) is 12.6. The van der Waals surface area contributed by atoms with E-state index in [2.05, 4.69) is 0 Å². The monoisotopic (exact) mass is 231 g/mol. The molecule has 0 aliphatic carbocycles. The van der Waals surface area contributed by atoms with Gasteiger partial charge in [0.05, 0.1) is 0 Å². The molecule has 5 heteroatoms. The standard InChI is InChI=1S/C11H21NO4/c1-4-9(2)12(8-11(14)15)10(13)6-5-7-16-3/h9H,4-8H2,1-3H3,(H,14,15). The van der Waals surface area contributed by atoms with Crippen LogP contribution in [0.4, 0.5) is 0 Å². The van der Waals surface area contributed by atoms with Gasteiger partial charge in [0.2, 0.25) is 5.91 Å². The Kier molecular flexibility index (Phi) is 7.54. The molecule has 1 N–H and O–H groups in total. The van der Waals surface area contributed by atoms with E-state index in [1.54, 1.807) is 7.11 Å². The third-order valence-electron chi connectivity index (χ3n) is 2.49. The lowest BCUT2D eigenvalue weighted by Crippen LogP contribution is -2.41. The van der Waals surface area contributed by atoms with Gasteiger partial charge in [-0.2, -0.15) is 0 Å². The highest BCUT2D eigenvalue weighted by Gasteiger charge is 2.20. The summed E-state index contributed by atoms with van der Waals surface area (Å²) in [7, 11) is 1.58. The molecule has 1 amide bonds. The molecule has 0 aliphatic heterocycles. The zero-order valence-corrected chi connectivity index (χ0v) is 10.2. The topological polar surface area (TPSA) is 66.8 Å². The third-order valence-corrected chi connectivity index (χ3v) is 2.49. The molecule has 0 heterocycles. The number of amides is 1. The second kappa shape index (κ2) is 8.10. The Bertz CT molecular complexity index is 230. The second-order valence-corrected chi connectivity index (χ2v) is 3.77. The Morgan fingerprint density at radius 2 is 2.06 bits per heavy atom. The highest BCUT2D eigenvalue weighted by Crippen LogP contribution is 2.07. The number of hydrogen-bond acceptors (Lipinski definition) is 3. The fraction of sp³-hybridized carbons (Fsp3) is 0.818. The van der Waals surface area contributed by atoms with Crippen LogP contribution in [-0.4, -0.2) is 48.2 Å². The molecule has 94 valence electrons. The smallest absolute Gasteiger partial charge is 0.323 e. The van der Waals surface area contributed by atoms with E-state index in [9.17, 15) is 9.59 Å². The first-order valence-corrected chi connectivity index (χ1v) is 5.53. The zero-order valence-electron chi connectivity index (χ0n) is 10.2. The summed E-state index contributed by atoms with van der Waals surface area (Å²) in [6.07, 6.45) is 1.72. The molecular weight excluding hydrogens is 210 g/mol. The Morgan fingerprint density at radius 3 is 2.50 bits per heavy atom. The molecule has 0 aromatic carbocycles. The van der Waals surface area contributed by atoms with E-state index in [0.717, 1.165) is 6.42 Å². The minimum Gasteiger partial charge on any atom is -0.480 e. The van der Waals surface area contributed by atoms with Crippen molar-refractivity contribution in [3.63, 3.8) is 0 Å². The summed E-state index contributed by atoms with van der Waals surface area (Å²) in [5, 5.41) is 8.73. The molecule has 16 heavy (non-hydrogen) atoms. The average Bonchev–Trinajstić information content (AvgIpc) is 2.24. The first kappa shape index (κ1) is 14.9. The summed E-state index contributed by atoms with van der Waals surface area (Å²) >= 11 is 0. The number of carbonyl (C=O) groups is 2. The first-order valence-electron chi connectivity index (χ1n) is 5.53. The minimum atomic E-state index is -0.972. The van der Waals surface area contributed by atoms with Crippen LogP contribution in [0.25, 0.3) is 0 Å². The predicted octanol–water partition coefficient (Wildman–Crippen LogP) is 1.12. The number of hydrogen-bond donors (Lipinski definition) is 1. The molecule has 0 radical (unpaired) electrons. The number of methoxy groups -OCH3 is 1. The maximum absolute atomic E-state index is 11.8. The van der Waals surface area contributed by atoms with Crippen molar-refractivity contribution in [1.29, 1.82) is 0 Å². The van der Waals surface area contributed by atoms with Crippen molar-refractivity contribution < 1.29 is 19.4 Å². The Labute approximate surface area is 96.4 Å². The van der Waals surface area contributed by atoms with Crippen molar-refractivity contribution in [2.75, 3.05) is 20.3 Å². The van der Waals surface area contributed by atoms with E-state index in [1.807, 2.05) is 13.8 Å². The van der Waals surface area contributed by atoms with Crippen LogP contribution >= 0.6 is 0 Å². The second-order valence-electron chi connectivity index (χ2n) is 3.77. The van der Waals surface area contributed by atoms with Gasteiger partial charge in [0.15, 0.2) is 0 Å². The number of rotatable bonds is 8. The summed E-state index contributed by atoms with van der Waals surface area (Å²) in [5.74, 6) is -1.09. The highest BCUT2D eigenvalue weighted by atomic mass is 16.5. The first-order chi connectivity index (χ1) is 7.52. The molecule has 0 aromatic heterocycles. The molecule has 0 rings (SSSR count). The highest BCUT2D eigenvalue weighted by molar-refractivity contribution is 5.81. The van der Waals surface area contributed by atoms with Gasteiger partial charge in [-0.15, -0.1) is 0 Å². The van der Waals surface area contributed by atoms with Gasteiger partial charge in [0.25, 0.3) is 0 Å². The van der Waals surface area contributed by atoms with Crippen LogP contribution < -0.4 is 0 Å². The molecule has 0 spiro atoms. The van der Waals surface area contributed by atoms with E-state index >= 15 is 0 Å². The predicted molar refractivity (Wildman–Crippen MR) is 60.2 cm³/mol. The SMILES string of the molecule is CCC(C)N(CC(=O)O)C(=O)CCCOC. The van der Waals surface area contributed by atoms with Crippen LogP contribution in [0.1, 0.15) is 33.1 Å². The lowest BCUT2D eigenvalue weighted by atomic mass is 10.2. The van der Waals surface area contributed by atoms with Crippen LogP contribution in [0.5, 0.6) is 0 Å². The van der Waals surface area contributed by atoms with Crippen molar-refractivity contribution in [1.82, 2.24) is 4.90 Å². The Morgan fingerprint density at radius 1 is 1.44 bits per heavy atom. The molecule has 0 aromatic rings. The van der Waals surface area contributed by atoms with E-state index < -0.39 is 5.97 Å². The number of nitrogens with zero attached hydrogens (tertiary/aromatic N) is 1. The summed E-state index contributed by atoms with van der Waals surface area (Å²) in [6, 6.07) is -0.0360. The molecule has 5 nitrogen and oxygen atoms in total. The van der Waals surface area contributed by atoms with Crippen LogP contribution in [0, 0.1) is 0 Å².